The zero-order valence-corrected chi connectivity index (χ0v) is 15.2. The van der Waals surface area contributed by atoms with Crippen molar-refractivity contribution in [2.24, 2.45) is 0 Å². The molecule has 2 aromatic rings. The highest BCUT2D eigenvalue weighted by Crippen LogP contribution is 2.24. The molecular weight excluding hydrogens is 389 g/mol. The van der Waals surface area contributed by atoms with E-state index >= 15 is 0 Å². The van der Waals surface area contributed by atoms with Crippen LogP contribution in [-0.4, -0.2) is 13.0 Å². The number of ether oxygens (including phenoxy) is 1. The van der Waals surface area contributed by atoms with Gasteiger partial charge in [-0.05, 0) is 77.4 Å². The Morgan fingerprint density at radius 2 is 1.91 bits per heavy atom. The summed E-state index contributed by atoms with van der Waals surface area (Å²) in [6, 6.07) is 13.6. The first-order chi connectivity index (χ1) is 10.5. The summed E-state index contributed by atoms with van der Waals surface area (Å²) >= 11 is 2.23. The van der Waals surface area contributed by atoms with Gasteiger partial charge in [0, 0.05) is 9.13 Å². The van der Waals surface area contributed by atoms with Gasteiger partial charge in [-0.15, -0.1) is 0 Å². The lowest BCUT2D eigenvalue weighted by Gasteiger charge is -2.19. The zero-order valence-electron chi connectivity index (χ0n) is 13.0. The molecule has 0 aliphatic rings. The number of benzene rings is 2. The van der Waals surface area contributed by atoms with Gasteiger partial charge < -0.3 is 10.1 Å². The fraction of sp³-hybridized carbons (Fsp3) is 0.278. The standard InChI is InChI=1S/C18H20INO2/c1-4-16(14-7-10-17(22-3)12(2)11-14)20-18(21)13-5-8-15(19)9-6-13/h5-11,16H,4H2,1-3H3,(H,20,21)/t16-/m1/s1. The van der Waals surface area contributed by atoms with Crippen LogP contribution in [0.3, 0.4) is 0 Å². The zero-order chi connectivity index (χ0) is 16.1. The van der Waals surface area contributed by atoms with E-state index in [0.29, 0.717) is 5.56 Å². The number of carbonyl (C=O) groups excluding carboxylic acids is 1. The van der Waals surface area contributed by atoms with Crippen LogP contribution in [-0.2, 0) is 0 Å². The number of halogens is 1. The molecule has 0 heterocycles. The maximum absolute atomic E-state index is 12.4. The lowest BCUT2D eigenvalue weighted by atomic mass is 10.0. The van der Waals surface area contributed by atoms with Crippen LogP contribution in [0.4, 0.5) is 0 Å². The van der Waals surface area contributed by atoms with Crippen LogP contribution in [0, 0.1) is 10.5 Å². The summed E-state index contributed by atoms with van der Waals surface area (Å²) in [4.78, 5) is 12.4. The van der Waals surface area contributed by atoms with Gasteiger partial charge in [0.05, 0.1) is 13.2 Å². The van der Waals surface area contributed by atoms with E-state index in [4.69, 9.17) is 4.74 Å². The van der Waals surface area contributed by atoms with E-state index < -0.39 is 0 Å². The maximum Gasteiger partial charge on any atom is 0.251 e. The highest BCUT2D eigenvalue weighted by Gasteiger charge is 2.15. The van der Waals surface area contributed by atoms with E-state index in [9.17, 15) is 4.79 Å². The summed E-state index contributed by atoms with van der Waals surface area (Å²) in [5, 5.41) is 3.10. The molecule has 0 fully saturated rings. The van der Waals surface area contributed by atoms with Crippen LogP contribution in [0.25, 0.3) is 0 Å². The Morgan fingerprint density at radius 1 is 1.23 bits per heavy atom. The van der Waals surface area contributed by atoms with Crippen molar-refractivity contribution in [2.75, 3.05) is 7.11 Å². The van der Waals surface area contributed by atoms with Crippen molar-refractivity contribution >= 4 is 28.5 Å². The molecule has 0 aliphatic heterocycles. The Morgan fingerprint density at radius 3 is 2.45 bits per heavy atom. The summed E-state index contributed by atoms with van der Waals surface area (Å²) in [6.07, 6.45) is 0.835. The molecule has 1 atom stereocenters. The normalized spacial score (nSPS) is 11.8. The van der Waals surface area contributed by atoms with Gasteiger partial charge in [0.25, 0.3) is 5.91 Å². The van der Waals surface area contributed by atoms with Gasteiger partial charge in [-0.1, -0.05) is 19.1 Å². The summed E-state index contributed by atoms with van der Waals surface area (Å²) in [5.41, 5.74) is 2.85. The molecule has 3 nitrogen and oxygen atoms in total. The molecule has 1 N–H and O–H groups in total. The lowest BCUT2D eigenvalue weighted by molar-refractivity contribution is 0.0935. The molecule has 0 saturated heterocycles. The average Bonchev–Trinajstić information content (AvgIpc) is 2.53. The fourth-order valence-corrected chi connectivity index (χ4v) is 2.74. The third kappa shape index (κ3) is 4.00. The van der Waals surface area contributed by atoms with Crippen LogP contribution >= 0.6 is 22.6 Å². The fourth-order valence-electron chi connectivity index (χ4n) is 2.38. The van der Waals surface area contributed by atoms with E-state index in [2.05, 4.69) is 40.9 Å². The smallest absolute Gasteiger partial charge is 0.251 e. The quantitative estimate of drug-likeness (QED) is 0.740. The SMILES string of the molecule is CC[C@@H](NC(=O)c1ccc(I)cc1)c1ccc(OC)c(C)c1. The number of aryl methyl sites for hydroxylation is 1. The predicted molar refractivity (Wildman–Crippen MR) is 97.4 cm³/mol. The summed E-state index contributed by atoms with van der Waals surface area (Å²) in [7, 11) is 1.66. The number of hydrogen-bond donors (Lipinski definition) is 1. The van der Waals surface area contributed by atoms with Gasteiger partial charge >= 0.3 is 0 Å². The van der Waals surface area contributed by atoms with Crippen molar-refractivity contribution in [3.8, 4) is 5.75 Å². The molecular formula is C18H20INO2. The molecule has 22 heavy (non-hydrogen) atoms. The number of rotatable bonds is 5. The molecule has 0 aliphatic carbocycles. The second-order valence-corrected chi connectivity index (χ2v) is 6.42. The molecule has 2 aromatic carbocycles. The number of nitrogens with one attached hydrogen (secondary N) is 1. The average molecular weight is 409 g/mol. The van der Waals surface area contributed by atoms with Crippen molar-refractivity contribution in [1.29, 1.82) is 0 Å². The molecule has 1 amide bonds. The molecule has 0 unspecified atom stereocenters. The Bertz CT molecular complexity index is 653. The monoisotopic (exact) mass is 409 g/mol. The van der Waals surface area contributed by atoms with Gasteiger partial charge in [0.1, 0.15) is 5.75 Å². The Balaban J connectivity index is 2.16. The second kappa shape index (κ2) is 7.63. The van der Waals surface area contributed by atoms with Crippen molar-refractivity contribution in [3.63, 3.8) is 0 Å². The van der Waals surface area contributed by atoms with Crippen LogP contribution in [0.2, 0.25) is 0 Å². The van der Waals surface area contributed by atoms with E-state index in [-0.39, 0.29) is 11.9 Å². The Kier molecular flexibility index (Phi) is 5.83. The molecule has 4 heteroatoms. The number of methoxy groups -OCH3 is 1. The highest BCUT2D eigenvalue weighted by atomic mass is 127. The third-order valence-corrected chi connectivity index (χ3v) is 4.36. The largest absolute Gasteiger partial charge is 0.496 e. The number of hydrogen-bond acceptors (Lipinski definition) is 2. The molecule has 0 bridgehead atoms. The lowest BCUT2D eigenvalue weighted by Crippen LogP contribution is -2.28. The van der Waals surface area contributed by atoms with Crippen molar-refractivity contribution in [2.45, 2.75) is 26.3 Å². The number of amides is 1. The summed E-state index contributed by atoms with van der Waals surface area (Å²) < 4.78 is 6.40. The summed E-state index contributed by atoms with van der Waals surface area (Å²) in [6.45, 7) is 4.08. The Labute approximate surface area is 145 Å². The molecule has 116 valence electrons. The molecule has 0 spiro atoms. The van der Waals surface area contributed by atoms with Crippen molar-refractivity contribution in [1.82, 2.24) is 5.32 Å². The van der Waals surface area contributed by atoms with Gasteiger partial charge in [-0.2, -0.15) is 0 Å². The van der Waals surface area contributed by atoms with Gasteiger partial charge in [-0.25, -0.2) is 0 Å². The van der Waals surface area contributed by atoms with E-state index in [0.717, 1.165) is 26.9 Å². The minimum absolute atomic E-state index is 0.00335. The molecule has 0 radical (unpaired) electrons. The van der Waals surface area contributed by atoms with Gasteiger partial charge in [0.15, 0.2) is 0 Å². The van der Waals surface area contributed by atoms with Crippen LogP contribution < -0.4 is 10.1 Å². The molecule has 0 saturated carbocycles. The molecule has 0 aromatic heterocycles. The van der Waals surface area contributed by atoms with Crippen LogP contribution in [0.15, 0.2) is 42.5 Å². The maximum atomic E-state index is 12.4. The minimum Gasteiger partial charge on any atom is -0.496 e. The van der Waals surface area contributed by atoms with E-state index in [1.807, 2.05) is 43.3 Å². The Hall–Kier alpha value is -1.56. The second-order valence-electron chi connectivity index (χ2n) is 5.17. The van der Waals surface area contributed by atoms with E-state index in [1.165, 1.54) is 0 Å². The molecule has 2 rings (SSSR count). The first-order valence-electron chi connectivity index (χ1n) is 7.26. The first-order valence-corrected chi connectivity index (χ1v) is 8.34. The summed E-state index contributed by atoms with van der Waals surface area (Å²) in [5.74, 6) is 0.819. The minimum atomic E-state index is -0.0447. The highest BCUT2D eigenvalue weighted by molar-refractivity contribution is 14.1. The van der Waals surface area contributed by atoms with Gasteiger partial charge in [-0.3, -0.25) is 4.79 Å². The van der Waals surface area contributed by atoms with Crippen molar-refractivity contribution < 1.29 is 9.53 Å². The first kappa shape index (κ1) is 16.8. The van der Waals surface area contributed by atoms with E-state index in [1.54, 1.807) is 7.11 Å². The topological polar surface area (TPSA) is 38.3 Å². The third-order valence-electron chi connectivity index (χ3n) is 3.64. The van der Waals surface area contributed by atoms with Gasteiger partial charge in [0.2, 0.25) is 0 Å². The number of carbonyl (C=O) groups is 1. The van der Waals surface area contributed by atoms with Crippen LogP contribution in [0.1, 0.15) is 40.9 Å². The predicted octanol–water partition coefficient (Wildman–Crippen LogP) is 4.49. The van der Waals surface area contributed by atoms with Crippen molar-refractivity contribution in [3.05, 3.63) is 62.7 Å². The van der Waals surface area contributed by atoms with Crippen LogP contribution in [0.5, 0.6) is 5.75 Å².